The van der Waals surface area contributed by atoms with Crippen LogP contribution in [0.3, 0.4) is 0 Å². The standard InChI is InChI=1S/C17H20N2O5S/c1-11(2)24-13-5-3-12(4-6-13)17-19-14(10-25-17)16(22)18-7-8-23-9-15(20)21/h3-6,10-11H,7-9H2,1-2H3,(H,18,22)(H,20,21). The molecular weight excluding hydrogens is 344 g/mol. The predicted molar refractivity (Wildman–Crippen MR) is 94.1 cm³/mol. The van der Waals surface area contributed by atoms with Gasteiger partial charge in [0.25, 0.3) is 5.91 Å². The first-order valence-electron chi connectivity index (χ1n) is 7.76. The van der Waals surface area contributed by atoms with Crippen molar-refractivity contribution in [1.29, 1.82) is 0 Å². The molecule has 2 N–H and O–H groups in total. The molecule has 1 aromatic heterocycles. The van der Waals surface area contributed by atoms with Gasteiger partial charge in [0, 0.05) is 17.5 Å². The summed E-state index contributed by atoms with van der Waals surface area (Å²) in [6, 6.07) is 7.54. The Morgan fingerprint density at radius 3 is 2.64 bits per heavy atom. The highest BCUT2D eigenvalue weighted by atomic mass is 32.1. The number of nitrogens with zero attached hydrogens (tertiary/aromatic N) is 1. The highest BCUT2D eigenvalue weighted by molar-refractivity contribution is 7.13. The van der Waals surface area contributed by atoms with Gasteiger partial charge >= 0.3 is 5.97 Å². The first kappa shape index (κ1) is 18.9. The SMILES string of the molecule is CC(C)Oc1ccc(-c2nc(C(=O)NCCOCC(=O)O)cs2)cc1. The largest absolute Gasteiger partial charge is 0.491 e. The Morgan fingerprint density at radius 1 is 1.28 bits per heavy atom. The molecule has 2 rings (SSSR count). The summed E-state index contributed by atoms with van der Waals surface area (Å²) in [5.74, 6) is -0.573. The van der Waals surface area contributed by atoms with E-state index < -0.39 is 5.97 Å². The maximum absolute atomic E-state index is 12.0. The third-order valence-electron chi connectivity index (χ3n) is 2.97. The van der Waals surface area contributed by atoms with Crippen LogP contribution in [0.5, 0.6) is 5.75 Å². The Labute approximate surface area is 149 Å². The maximum atomic E-state index is 12.0. The van der Waals surface area contributed by atoms with E-state index in [2.05, 4.69) is 10.3 Å². The number of hydrogen-bond donors (Lipinski definition) is 2. The zero-order chi connectivity index (χ0) is 18.2. The summed E-state index contributed by atoms with van der Waals surface area (Å²) in [5.41, 5.74) is 1.23. The summed E-state index contributed by atoms with van der Waals surface area (Å²) < 4.78 is 10.4. The molecule has 2 aromatic rings. The van der Waals surface area contributed by atoms with E-state index in [1.54, 1.807) is 5.38 Å². The van der Waals surface area contributed by atoms with Gasteiger partial charge in [-0.05, 0) is 38.1 Å². The molecule has 0 saturated heterocycles. The second-order valence-electron chi connectivity index (χ2n) is 5.43. The van der Waals surface area contributed by atoms with E-state index in [9.17, 15) is 9.59 Å². The van der Waals surface area contributed by atoms with Crippen LogP contribution in [0, 0.1) is 0 Å². The van der Waals surface area contributed by atoms with Crippen molar-refractivity contribution in [2.45, 2.75) is 20.0 Å². The predicted octanol–water partition coefficient (Wildman–Crippen LogP) is 2.43. The average molecular weight is 364 g/mol. The van der Waals surface area contributed by atoms with E-state index in [-0.39, 0.29) is 31.8 Å². The van der Waals surface area contributed by atoms with Crippen LogP contribution in [0.4, 0.5) is 0 Å². The third kappa shape index (κ3) is 6.17. The van der Waals surface area contributed by atoms with Crippen molar-refractivity contribution in [2.24, 2.45) is 0 Å². The minimum Gasteiger partial charge on any atom is -0.491 e. The minimum atomic E-state index is -1.04. The molecule has 1 aromatic carbocycles. The molecule has 134 valence electrons. The maximum Gasteiger partial charge on any atom is 0.329 e. The number of carboxylic acids is 1. The van der Waals surface area contributed by atoms with Crippen molar-refractivity contribution in [2.75, 3.05) is 19.8 Å². The number of hydrogen-bond acceptors (Lipinski definition) is 6. The summed E-state index contributed by atoms with van der Waals surface area (Å²) in [6.45, 7) is 3.90. The molecule has 0 radical (unpaired) electrons. The van der Waals surface area contributed by atoms with Gasteiger partial charge in [-0.15, -0.1) is 11.3 Å². The van der Waals surface area contributed by atoms with E-state index >= 15 is 0 Å². The normalized spacial score (nSPS) is 10.7. The summed E-state index contributed by atoms with van der Waals surface area (Å²) in [5, 5.41) is 13.5. The lowest BCUT2D eigenvalue weighted by Gasteiger charge is -2.09. The second kappa shape index (κ2) is 9.14. The zero-order valence-corrected chi connectivity index (χ0v) is 14.8. The molecule has 25 heavy (non-hydrogen) atoms. The van der Waals surface area contributed by atoms with Crippen LogP contribution in [0.15, 0.2) is 29.6 Å². The van der Waals surface area contributed by atoms with E-state index in [1.807, 2.05) is 38.1 Å². The van der Waals surface area contributed by atoms with E-state index in [1.165, 1.54) is 11.3 Å². The molecule has 0 saturated carbocycles. The van der Waals surface area contributed by atoms with Gasteiger partial charge in [-0.2, -0.15) is 0 Å². The fraction of sp³-hybridized carbons (Fsp3) is 0.353. The van der Waals surface area contributed by atoms with E-state index in [4.69, 9.17) is 14.6 Å². The zero-order valence-electron chi connectivity index (χ0n) is 14.0. The van der Waals surface area contributed by atoms with Crippen molar-refractivity contribution in [3.63, 3.8) is 0 Å². The lowest BCUT2D eigenvalue weighted by Crippen LogP contribution is -2.28. The fourth-order valence-corrected chi connectivity index (χ4v) is 2.75. The van der Waals surface area contributed by atoms with Crippen LogP contribution in [0.1, 0.15) is 24.3 Å². The molecule has 0 unspecified atom stereocenters. The number of thiazole rings is 1. The molecule has 1 heterocycles. The molecule has 0 aliphatic rings. The Morgan fingerprint density at radius 2 is 2.00 bits per heavy atom. The van der Waals surface area contributed by atoms with E-state index in [0.29, 0.717) is 5.69 Å². The van der Waals surface area contributed by atoms with Gasteiger partial charge in [-0.1, -0.05) is 0 Å². The molecule has 0 aliphatic heterocycles. The van der Waals surface area contributed by atoms with Crippen LogP contribution in [-0.2, 0) is 9.53 Å². The van der Waals surface area contributed by atoms with Crippen molar-refractivity contribution < 1.29 is 24.2 Å². The summed E-state index contributed by atoms with van der Waals surface area (Å²) in [4.78, 5) is 26.6. The molecular formula is C17H20N2O5S. The number of nitrogens with one attached hydrogen (secondary N) is 1. The highest BCUT2D eigenvalue weighted by Crippen LogP contribution is 2.26. The summed E-state index contributed by atoms with van der Waals surface area (Å²) in [6.07, 6.45) is 0.112. The molecule has 0 spiro atoms. The number of aliphatic carboxylic acids is 1. The van der Waals surface area contributed by atoms with Crippen molar-refractivity contribution in [3.8, 4) is 16.3 Å². The van der Waals surface area contributed by atoms with Crippen LogP contribution in [0.25, 0.3) is 10.6 Å². The number of benzene rings is 1. The van der Waals surface area contributed by atoms with Crippen molar-refractivity contribution >= 4 is 23.2 Å². The van der Waals surface area contributed by atoms with Gasteiger partial charge in [-0.3, -0.25) is 4.79 Å². The molecule has 0 atom stereocenters. The van der Waals surface area contributed by atoms with Crippen molar-refractivity contribution in [3.05, 3.63) is 35.3 Å². The van der Waals surface area contributed by atoms with Crippen LogP contribution >= 0.6 is 11.3 Å². The number of ether oxygens (including phenoxy) is 2. The van der Waals surface area contributed by atoms with Gasteiger partial charge < -0.3 is 19.9 Å². The smallest absolute Gasteiger partial charge is 0.329 e. The lowest BCUT2D eigenvalue weighted by molar-refractivity contribution is -0.142. The number of carbonyl (C=O) groups is 2. The van der Waals surface area contributed by atoms with Gasteiger partial charge in [0.15, 0.2) is 0 Å². The fourth-order valence-electron chi connectivity index (χ4n) is 1.95. The lowest BCUT2D eigenvalue weighted by atomic mass is 10.2. The average Bonchev–Trinajstić information content (AvgIpc) is 3.04. The quantitative estimate of drug-likeness (QED) is 0.663. The van der Waals surface area contributed by atoms with Crippen LogP contribution in [-0.4, -0.2) is 47.8 Å². The molecule has 1 amide bonds. The molecule has 0 aliphatic carbocycles. The highest BCUT2D eigenvalue weighted by Gasteiger charge is 2.11. The Kier molecular flexibility index (Phi) is 6.91. The number of carboxylic acid groups (broad SMARTS) is 1. The van der Waals surface area contributed by atoms with Gasteiger partial charge in [0.05, 0.1) is 12.7 Å². The summed E-state index contributed by atoms with van der Waals surface area (Å²) >= 11 is 1.38. The number of carbonyl (C=O) groups excluding carboxylic acids is 1. The minimum absolute atomic E-state index is 0.112. The van der Waals surface area contributed by atoms with Gasteiger partial charge in [0.1, 0.15) is 23.1 Å². The Hall–Kier alpha value is -2.45. The first-order valence-corrected chi connectivity index (χ1v) is 8.64. The summed E-state index contributed by atoms with van der Waals surface area (Å²) in [7, 11) is 0. The van der Waals surface area contributed by atoms with E-state index in [0.717, 1.165) is 16.3 Å². The number of amides is 1. The topological polar surface area (TPSA) is 97.8 Å². The monoisotopic (exact) mass is 364 g/mol. The van der Waals surface area contributed by atoms with Crippen molar-refractivity contribution in [1.82, 2.24) is 10.3 Å². The van der Waals surface area contributed by atoms with Crippen LogP contribution in [0.2, 0.25) is 0 Å². The van der Waals surface area contributed by atoms with Gasteiger partial charge in [0.2, 0.25) is 0 Å². The number of rotatable bonds is 9. The molecule has 0 bridgehead atoms. The Balaban J connectivity index is 1.88. The molecule has 0 fully saturated rings. The second-order valence-corrected chi connectivity index (χ2v) is 6.29. The van der Waals surface area contributed by atoms with Crippen LogP contribution < -0.4 is 10.1 Å². The molecule has 7 nitrogen and oxygen atoms in total. The molecule has 8 heteroatoms. The number of aromatic nitrogens is 1. The van der Waals surface area contributed by atoms with Gasteiger partial charge in [-0.25, -0.2) is 9.78 Å². The third-order valence-corrected chi connectivity index (χ3v) is 3.86. The first-order chi connectivity index (χ1) is 12.0. The Bertz CT molecular complexity index is 712.